The van der Waals surface area contributed by atoms with Crippen molar-refractivity contribution in [2.45, 2.75) is 12.6 Å². The maximum Gasteiger partial charge on any atom is 0.411 e. The Morgan fingerprint density at radius 2 is 2.06 bits per heavy atom. The summed E-state index contributed by atoms with van der Waals surface area (Å²) in [4.78, 5) is 14.1. The number of rotatable bonds is 7. The number of carbonyl (C=O) groups is 1. The monoisotopic (exact) mass is 263 g/mol. The van der Waals surface area contributed by atoms with Crippen LogP contribution < -0.4 is 4.74 Å². The highest BCUT2D eigenvalue weighted by atomic mass is 19.4. The number of carbonyl (C=O) groups excluding carboxylic acids is 1. The fourth-order valence-electron chi connectivity index (χ4n) is 1.09. The smallest absolute Gasteiger partial charge is 0.411 e. The molecule has 0 unspecified atom stereocenters. The summed E-state index contributed by atoms with van der Waals surface area (Å²) in [6.45, 7) is -1.05. The fraction of sp³-hybridized carbons (Fsp3) is 0.455. The quantitative estimate of drug-likeness (QED) is 0.559. The molecule has 0 spiro atoms. The number of hydrogen-bond acceptors (Lipinski definition) is 4. The number of ether oxygens (including phenoxy) is 2. The largest absolute Gasteiger partial charge is 0.492 e. The van der Waals surface area contributed by atoms with E-state index < -0.39 is 12.8 Å². The van der Waals surface area contributed by atoms with Gasteiger partial charge in [0.2, 0.25) is 0 Å². The topological polar surface area (TPSA) is 48.4 Å². The van der Waals surface area contributed by atoms with Gasteiger partial charge < -0.3 is 9.47 Å². The minimum Gasteiger partial charge on any atom is -0.492 e. The van der Waals surface area contributed by atoms with Gasteiger partial charge in [0.25, 0.3) is 0 Å². The molecule has 1 aromatic rings. The van der Waals surface area contributed by atoms with Gasteiger partial charge in [-0.25, -0.2) is 4.98 Å². The van der Waals surface area contributed by atoms with Gasteiger partial charge in [-0.1, -0.05) is 0 Å². The summed E-state index contributed by atoms with van der Waals surface area (Å²) in [7, 11) is 0. The van der Waals surface area contributed by atoms with Gasteiger partial charge in [0.1, 0.15) is 18.1 Å². The van der Waals surface area contributed by atoms with Crippen LogP contribution in [0.15, 0.2) is 18.3 Å². The molecule has 0 aliphatic heterocycles. The molecule has 100 valence electrons. The maximum atomic E-state index is 11.7. The van der Waals surface area contributed by atoms with Crippen molar-refractivity contribution in [3.63, 3.8) is 0 Å². The number of alkyl halides is 3. The summed E-state index contributed by atoms with van der Waals surface area (Å²) in [5, 5.41) is 0. The molecule has 0 bridgehead atoms. The number of hydrogen-bond donors (Lipinski definition) is 0. The minimum absolute atomic E-state index is 0.0284. The number of nitrogens with zero attached hydrogens (tertiary/aromatic N) is 1. The summed E-state index contributed by atoms with van der Waals surface area (Å²) in [6.07, 6.45) is -1.98. The van der Waals surface area contributed by atoms with Crippen LogP contribution in [0.5, 0.6) is 5.75 Å². The van der Waals surface area contributed by atoms with Crippen LogP contribution in [0.2, 0.25) is 0 Å². The zero-order valence-electron chi connectivity index (χ0n) is 9.44. The van der Waals surface area contributed by atoms with Crippen molar-refractivity contribution in [3.05, 3.63) is 24.0 Å². The average molecular weight is 263 g/mol. The lowest BCUT2D eigenvalue weighted by molar-refractivity contribution is -0.174. The van der Waals surface area contributed by atoms with E-state index in [-0.39, 0.29) is 18.9 Å². The molecular formula is C11H12F3NO3. The highest BCUT2D eigenvalue weighted by Gasteiger charge is 2.27. The Kier molecular flexibility index (Phi) is 5.57. The molecule has 0 atom stereocenters. The molecule has 1 aromatic heterocycles. The third-order valence-corrected chi connectivity index (χ3v) is 1.85. The van der Waals surface area contributed by atoms with E-state index in [1.54, 1.807) is 6.07 Å². The standard InChI is InChI=1S/C11H12F3NO3/c12-11(13,14)8-17-4-1-5-18-10-3-2-9(7-16)15-6-10/h2-3,6-7H,1,4-5,8H2. The number of aromatic nitrogens is 1. The molecule has 0 fully saturated rings. The van der Waals surface area contributed by atoms with Gasteiger partial charge in [-0.3, -0.25) is 4.79 Å². The number of pyridine rings is 1. The van der Waals surface area contributed by atoms with Gasteiger partial charge in [0, 0.05) is 6.42 Å². The summed E-state index contributed by atoms with van der Waals surface area (Å²) in [5.41, 5.74) is 0.288. The molecule has 0 saturated carbocycles. The van der Waals surface area contributed by atoms with Crippen LogP contribution in [0.3, 0.4) is 0 Å². The second-order valence-corrected chi connectivity index (χ2v) is 3.41. The van der Waals surface area contributed by atoms with Crippen molar-refractivity contribution < 1.29 is 27.4 Å². The van der Waals surface area contributed by atoms with Crippen LogP contribution in [-0.4, -0.2) is 37.3 Å². The van der Waals surface area contributed by atoms with Gasteiger partial charge in [0.05, 0.1) is 19.4 Å². The van der Waals surface area contributed by atoms with Crippen molar-refractivity contribution >= 4 is 6.29 Å². The number of aldehydes is 1. The first-order chi connectivity index (χ1) is 8.51. The van der Waals surface area contributed by atoms with Gasteiger partial charge in [-0.05, 0) is 12.1 Å². The highest BCUT2D eigenvalue weighted by molar-refractivity contribution is 5.71. The van der Waals surface area contributed by atoms with Gasteiger partial charge in [-0.2, -0.15) is 13.2 Å². The van der Waals surface area contributed by atoms with Crippen molar-refractivity contribution in [1.82, 2.24) is 4.98 Å². The van der Waals surface area contributed by atoms with Crippen molar-refractivity contribution in [1.29, 1.82) is 0 Å². The van der Waals surface area contributed by atoms with Crippen molar-refractivity contribution in [2.24, 2.45) is 0 Å². The Hall–Kier alpha value is -1.63. The molecule has 0 aliphatic rings. The SMILES string of the molecule is O=Cc1ccc(OCCCOCC(F)(F)F)cn1. The van der Waals surface area contributed by atoms with E-state index in [1.807, 2.05) is 0 Å². The van der Waals surface area contributed by atoms with Crippen LogP contribution in [0.25, 0.3) is 0 Å². The van der Waals surface area contributed by atoms with Gasteiger partial charge in [0.15, 0.2) is 6.29 Å². The van der Waals surface area contributed by atoms with E-state index >= 15 is 0 Å². The van der Waals surface area contributed by atoms with Crippen LogP contribution >= 0.6 is 0 Å². The first-order valence-corrected chi connectivity index (χ1v) is 5.20. The third kappa shape index (κ3) is 6.19. The Morgan fingerprint density at radius 1 is 1.28 bits per heavy atom. The lowest BCUT2D eigenvalue weighted by Gasteiger charge is -2.08. The zero-order chi connectivity index (χ0) is 13.4. The Labute approximate surface area is 102 Å². The van der Waals surface area contributed by atoms with E-state index in [4.69, 9.17) is 4.74 Å². The van der Waals surface area contributed by atoms with Crippen LogP contribution in [-0.2, 0) is 4.74 Å². The van der Waals surface area contributed by atoms with E-state index in [0.29, 0.717) is 18.5 Å². The van der Waals surface area contributed by atoms with Crippen molar-refractivity contribution in [3.8, 4) is 5.75 Å². The molecule has 0 aromatic carbocycles. The van der Waals surface area contributed by atoms with E-state index in [2.05, 4.69) is 9.72 Å². The number of halogens is 3. The van der Waals surface area contributed by atoms with E-state index in [0.717, 1.165) is 0 Å². The van der Waals surface area contributed by atoms with E-state index in [9.17, 15) is 18.0 Å². The second-order valence-electron chi connectivity index (χ2n) is 3.41. The molecule has 1 rings (SSSR count). The van der Waals surface area contributed by atoms with Gasteiger partial charge in [-0.15, -0.1) is 0 Å². The average Bonchev–Trinajstić information content (AvgIpc) is 2.33. The molecule has 1 heterocycles. The zero-order valence-corrected chi connectivity index (χ0v) is 9.44. The second kappa shape index (κ2) is 6.95. The van der Waals surface area contributed by atoms with Crippen LogP contribution in [0, 0.1) is 0 Å². The summed E-state index contributed by atoms with van der Waals surface area (Å²) < 4.78 is 44.7. The predicted molar refractivity (Wildman–Crippen MR) is 56.6 cm³/mol. The third-order valence-electron chi connectivity index (χ3n) is 1.85. The van der Waals surface area contributed by atoms with Gasteiger partial charge >= 0.3 is 6.18 Å². The Bertz CT molecular complexity index is 365. The molecule has 0 saturated heterocycles. The molecule has 0 radical (unpaired) electrons. The fourth-order valence-corrected chi connectivity index (χ4v) is 1.09. The molecule has 18 heavy (non-hydrogen) atoms. The molecule has 4 nitrogen and oxygen atoms in total. The lowest BCUT2D eigenvalue weighted by atomic mass is 10.3. The summed E-state index contributed by atoms with van der Waals surface area (Å²) in [5.74, 6) is 0.455. The molecular weight excluding hydrogens is 251 g/mol. The van der Waals surface area contributed by atoms with Crippen LogP contribution in [0.1, 0.15) is 16.9 Å². The van der Waals surface area contributed by atoms with Crippen LogP contribution in [0.4, 0.5) is 13.2 Å². The molecule has 7 heteroatoms. The minimum atomic E-state index is -4.30. The predicted octanol–water partition coefficient (Wildman–Crippen LogP) is 2.24. The normalized spacial score (nSPS) is 11.3. The van der Waals surface area contributed by atoms with Crippen molar-refractivity contribution in [2.75, 3.05) is 19.8 Å². The lowest BCUT2D eigenvalue weighted by Crippen LogP contribution is -2.18. The maximum absolute atomic E-state index is 11.7. The Balaban J connectivity index is 2.12. The first kappa shape index (κ1) is 14.4. The highest BCUT2D eigenvalue weighted by Crippen LogP contribution is 2.14. The Morgan fingerprint density at radius 3 is 2.61 bits per heavy atom. The summed E-state index contributed by atoms with van der Waals surface area (Å²) in [6, 6.07) is 3.05. The first-order valence-electron chi connectivity index (χ1n) is 5.20. The molecule has 0 N–H and O–H groups in total. The molecule has 0 amide bonds. The van der Waals surface area contributed by atoms with E-state index in [1.165, 1.54) is 12.3 Å². The molecule has 0 aliphatic carbocycles. The summed E-state index contributed by atoms with van der Waals surface area (Å²) >= 11 is 0.